The minimum atomic E-state index is -3.33. The van der Waals surface area contributed by atoms with Crippen molar-refractivity contribution in [1.29, 1.82) is 0 Å². The highest BCUT2D eigenvalue weighted by atomic mass is 32.2. The average molecular weight is 268 g/mol. The number of halogens is 1. The molecule has 0 aliphatic heterocycles. The van der Waals surface area contributed by atoms with Crippen molar-refractivity contribution in [1.82, 2.24) is 9.55 Å². The third-order valence-electron chi connectivity index (χ3n) is 2.56. The number of rotatable bonds is 5. The minimum absolute atomic E-state index is 0.0385. The van der Waals surface area contributed by atoms with E-state index in [9.17, 15) is 12.8 Å². The van der Waals surface area contributed by atoms with Crippen molar-refractivity contribution in [2.24, 2.45) is 0 Å². The molecule has 0 bridgehead atoms. The molecule has 1 aromatic heterocycles. The van der Waals surface area contributed by atoms with Crippen molar-refractivity contribution in [3.8, 4) is 0 Å². The predicted molar refractivity (Wildman–Crippen MR) is 65.3 cm³/mol. The molecule has 2 aromatic rings. The Labute approximate surface area is 105 Å². The van der Waals surface area contributed by atoms with Crippen LogP contribution < -0.4 is 0 Å². The van der Waals surface area contributed by atoms with Crippen molar-refractivity contribution in [3.63, 3.8) is 0 Å². The van der Waals surface area contributed by atoms with Gasteiger partial charge in [-0.15, -0.1) is 0 Å². The molecule has 0 saturated carbocycles. The normalized spacial score (nSPS) is 11.6. The quantitative estimate of drug-likeness (QED) is 0.778. The largest absolute Gasteiger partial charge is 0.337 e. The molecule has 2 rings (SSSR count). The molecule has 0 fully saturated rings. The van der Waals surface area contributed by atoms with E-state index in [1.165, 1.54) is 12.1 Å². The lowest BCUT2D eigenvalue weighted by Crippen LogP contribution is -2.09. The number of hydrogen-bond acceptors (Lipinski definition) is 3. The highest BCUT2D eigenvalue weighted by molar-refractivity contribution is 7.91. The predicted octanol–water partition coefficient (Wildman–Crippen LogP) is 1.89. The minimum Gasteiger partial charge on any atom is -0.337 e. The molecule has 0 saturated heterocycles. The van der Waals surface area contributed by atoms with E-state index in [1.807, 2.05) is 4.57 Å². The second-order valence-electron chi connectivity index (χ2n) is 3.93. The first-order valence-electron chi connectivity index (χ1n) is 5.52. The molecule has 0 atom stereocenters. The van der Waals surface area contributed by atoms with E-state index in [4.69, 9.17) is 0 Å². The van der Waals surface area contributed by atoms with Gasteiger partial charge in [-0.05, 0) is 30.7 Å². The first-order valence-corrected chi connectivity index (χ1v) is 7.17. The molecule has 0 aliphatic carbocycles. The molecule has 6 heteroatoms. The SMILES string of the molecule is O=S(=O)(CCCn1ccnc1)c1ccc(F)cc1. The smallest absolute Gasteiger partial charge is 0.178 e. The van der Waals surface area contributed by atoms with Gasteiger partial charge in [0.25, 0.3) is 0 Å². The molecule has 18 heavy (non-hydrogen) atoms. The van der Waals surface area contributed by atoms with Crippen LogP contribution in [0.4, 0.5) is 4.39 Å². The van der Waals surface area contributed by atoms with Gasteiger partial charge in [-0.2, -0.15) is 0 Å². The number of hydrogen-bond donors (Lipinski definition) is 0. The van der Waals surface area contributed by atoms with Gasteiger partial charge in [0.1, 0.15) is 5.82 Å². The number of aromatic nitrogens is 2. The van der Waals surface area contributed by atoms with Gasteiger partial charge in [0, 0.05) is 18.9 Å². The van der Waals surface area contributed by atoms with Gasteiger partial charge in [0.2, 0.25) is 0 Å². The fourth-order valence-electron chi connectivity index (χ4n) is 1.62. The maximum absolute atomic E-state index is 12.7. The van der Waals surface area contributed by atoms with E-state index in [2.05, 4.69) is 4.98 Å². The topological polar surface area (TPSA) is 52.0 Å². The summed E-state index contributed by atoms with van der Waals surface area (Å²) in [5.74, 6) is -0.399. The zero-order valence-electron chi connectivity index (χ0n) is 9.66. The average Bonchev–Trinajstić information content (AvgIpc) is 2.82. The lowest BCUT2D eigenvalue weighted by molar-refractivity contribution is 0.585. The van der Waals surface area contributed by atoms with Crippen LogP contribution in [-0.2, 0) is 16.4 Å². The lowest BCUT2D eigenvalue weighted by atomic mass is 10.4. The van der Waals surface area contributed by atoms with Gasteiger partial charge in [-0.25, -0.2) is 17.8 Å². The van der Waals surface area contributed by atoms with Gasteiger partial charge in [0.05, 0.1) is 17.0 Å². The molecule has 0 N–H and O–H groups in total. The van der Waals surface area contributed by atoms with E-state index in [0.717, 1.165) is 12.1 Å². The second kappa shape index (κ2) is 5.30. The molecule has 1 heterocycles. The molecule has 96 valence electrons. The lowest BCUT2D eigenvalue weighted by Gasteiger charge is -2.05. The van der Waals surface area contributed by atoms with Crippen LogP contribution in [0.2, 0.25) is 0 Å². The number of benzene rings is 1. The Morgan fingerprint density at radius 3 is 2.56 bits per heavy atom. The van der Waals surface area contributed by atoms with Gasteiger partial charge in [-0.1, -0.05) is 0 Å². The van der Waals surface area contributed by atoms with Crippen molar-refractivity contribution in [2.75, 3.05) is 5.75 Å². The first-order chi connectivity index (χ1) is 8.58. The van der Waals surface area contributed by atoms with Crippen LogP contribution in [0.25, 0.3) is 0 Å². The molecule has 0 unspecified atom stereocenters. The number of nitrogens with zero attached hydrogens (tertiary/aromatic N) is 2. The maximum Gasteiger partial charge on any atom is 0.178 e. The molecule has 0 amide bonds. The number of aryl methyl sites for hydroxylation is 1. The van der Waals surface area contributed by atoms with Crippen LogP contribution in [0.15, 0.2) is 47.9 Å². The second-order valence-corrected chi connectivity index (χ2v) is 6.04. The monoisotopic (exact) mass is 268 g/mol. The molecule has 1 aromatic carbocycles. The summed E-state index contributed by atoms with van der Waals surface area (Å²) in [5, 5.41) is 0. The summed E-state index contributed by atoms with van der Waals surface area (Å²) >= 11 is 0. The van der Waals surface area contributed by atoms with Gasteiger partial charge in [0.15, 0.2) is 9.84 Å². The number of imidazole rings is 1. The maximum atomic E-state index is 12.7. The summed E-state index contributed by atoms with van der Waals surface area (Å²) in [6.07, 6.45) is 5.57. The van der Waals surface area contributed by atoms with Gasteiger partial charge in [-0.3, -0.25) is 0 Å². The summed E-state index contributed by atoms with van der Waals surface area (Å²) < 4.78 is 38.4. The standard InChI is InChI=1S/C12H13FN2O2S/c13-11-2-4-12(5-3-11)18(16,17)9-1-7-15-8-6-14-10-15/h2-6,8,10H,1,7,9H2. The zero-order chi connectivity index (χ0) is 13.0. The summed E-state index contributed by atoms with van der Waals surface area (Å²) in [4.78, 5) is 4.04. The Morgan fingerprint density at radius 2 is 1.94 bits per heavy atom. The Kier molecular flexibility index (Phi) is 3.76. The van der Waals surface area contributed by atoms with E-state index in [-0.39, 0.29) is 10.6 Å². The van der Waals surface area contributed by atoms with Crippen molar-refractivity contribution < 1.29 is 12.8 Å². The Morgan fingerprint density at radius 1 is 1.22 bits per heavy atom. The van der Waals surface area contributed by atoms with Gasteiger partial charge >= 0.3 is 0 Å². The third-order valence-corrected chi connectivity index (χ3v) is 4.38. The Bertz CT molecular complexity index is 592. The van der Waals surface area contributed by atoms with Crippen LogP contribution >= 0.6 is 0 Å². The summed E-state index contributed by atoms with van der Waals surface area (Å²) in [6, 6.07) is 4.90. The Hall–Kier alpha value is -1.69. The van der Waals surface area contributed by atoms with Crippen LogP contribution in [0, 0.1) is 5.82 Å². The van der Waals surface area contributed by atoms with Crippen molar-refractivity contribution in [3.05, 3.63) is 48.8 Å². The van der Waals surface area contributed by atoms with Crippen molar-refractivity contribution >= 4 is 9.84 Å². The van der Waals surface area contributed by atoms with E-state index >= 15 is 0 Å². The summed E-state index contributed by atoms with van der Waals surface area (Å²) in [6.45, 7) is 0.598. The molecule has 0 spiro atoms. The van der Waals surface area contributed by atoms with Crippen LogP contribution in [0.1, 0.15) is 6.42 Å². The third kappa shape index (κ3) is 3.16. The fourth-order valence-corrected chi connectivity index (χ4v) is 2.91. The van der Waals surface area contributed by atoms with E-state index in [0.29, 0.717) is 13.0 Å². The molecular weight excluding hydrogens is 255 g/mol. The van der Waals surface area contributed by atoms with Crippen LogP contribution in [0.5, 0.6) is 0 Å². The summed E-state index contributed by atoms with van der Waals surface area (Å²) in [7, 11) is -3.33. The zero-order valence-corrected chi connectivity index (χ0v) is 10.5. The molecule has 4 nitrogen and oxygen atoms in total. The fraction of sp³-hybridized carbons (Fsp3) is 0.250. The Balaban J connectivity index is 1.97. The highest BCUT2D eigenvalue weighted by Crippen LogP contribution is 2.13. The first kappa shape index (κ1) is 12.8. The summed E-state index contributed by atoms with van der Waals surface area (Å²) in [5.41, 5.74) is 0. The molecule has 0 radical (unpaired) electrons. The van der Waals surface area contributed by atoms with E-state index < -0.39 is 15.7 Å². The van der Waals surface area contributed by atoms with Crippen LogP contribution in [0.3, 0.4) is 0 Å². The molecular formula is C12H13FN2O2S. The van der Waals surface area contributed by atoms with Crippen LogP contribution in [-0.4, -0.2) is 23.7 Å². The highest BCUT2D eigenvalue weighted by Gasteiger charge is 2.13. The van der Waals surface area contributed by atoms with E-state index in [1.54, 1.807) is 18.7 Å². The molecule has 0 aliphatic rings. The number of sulfone groups is 1. The van der Waals surface area contributed by atoms with Gasteiger partial charge < -0.3 is 4.57 Å². The van der Waals surface area contributed by atoms with Crippen molar-refractivity contribution in [2.45, 2.75) is 17.9 Å².